The summed E-state index contributed by atoms with van der Waals surface area (Å²) in [4.78, 5) is 4.58. The highest BCUT2D eigenvalue weighted by molar-refractivity contribution is 8.01. The molecule has 0 bridgehead atoms. The zero-order valence-corrected chi connectivity index (χ0v) is 11.3. The zero-order chi connectivity index (χ0) is 11.5. The Kier molecular flexibility index (Phi) is 3.52. The zero-order valence-electron chi connectivity index (χ0n) is 9.69. The van der Waals surface area contributed by atoms with E-state index in [1.807, 2.05) is 18.0 Å². The molecule has 17 heavy (non-hydrogen) atoms. The third kappa shape index (κ3) is 2.75. The van der Waals surface area contributed by atoms with Crippen molar-refractivity contribution in [2.75, 3.05) is 4.72 Å². The number of benzene rings is 1. The molecule has 1 heterocycles. The van der Waals surface area contributed by atoms with Crippen LogP contribution < -0.4 is 4.72 Å². The first-order chi connectivity index (χ1) is 8.42. The first-order valence-corrected chi connectivity index (χ1v) is 7.89. The summed E-state index contributed by atoms with van der Waals surface area (Å²) in [5.41, 5.74) is 1.10. The SMILES string of the molecule is c1ccc2sc(NSC3CCCCC3)nc2c1. The molecule has 0 saturated heterocycles. The quantitative estimate of drug-likeness (QED) is 0.814. The summed E-state index contributed by atoms with van der Waals surface area (Å²) >= 11 is 3.61. The van der Waals surface area contributed by atoms with Gasteiger partial charge in [0.25, 0.3) is 0 Å². The molecule has 1 saturated carbocycles. The minimum Gasteiger partial charge on any atom is -0.305 e. The Labute approximate surface area is 110 Å². The molecule has 1 aromatic carbocycles. The van der Waals surface area contributed by atoms with Gasteiger partial charge in [-0.1, -0.05) is 42.7 Å². The summed E-state index contributed by atoms with van der Waals surface area (Å²) in [6.45, 7) is 0. The molecule has 1 N–H and O–H groups in total. The molecular weight excluding hydrogens is 248 g/mol. The lowest BCUT2D eigenvalue weighted by Gasteiger charge is -2.20. The van der Waals surface area contributed by atoms with Gasteiger partial charge in [0.2, 0.25) is 0 Å². The summed E-state index contributed by atoms with van der Waals surface area (Å²) in [7, 11) is 0. The molecule has 0 amide bonds. The summed E-state index contributed by atoms with van der Waals surface area (Å²) in [6.07, 6.45) is 6.89. The maximum Gasteiger partial charge on any atom is 0.193 e. The number of hydrogen-bond donors (Lipinski definition) is 1. The average Bonchev–Trinajstić information content (AvgIpc) is 2.80. The number of rotatable bonds is 3. The number of aromatic nitrogens is 1. The summed E-state index contributed by atoms with van der Waals surface area (Å²) in [5.74, 6) is 0. The first-order valence-electron chi connectivity index (χ1n) is 6.19. The largest absolute Gasteiger partial charge is 0.305 e. The van der Waals surface area contributed by atoms with Crippen molar-refractivity contribution in [3.05, 3.63) is 24.3 Å². The minimum atomic E-state index is 0.774. The average molecular weight is 264 g/mol. The number of thiazole rings is 1. The van der Waals surface area contributed by atoms with Crippen LogP contribution in [0.15, 0.2) is 24.3 Å². The molecule has 90 valence electrons. The highest BCUT2D eigenvalue weighted by Crippen LogP contribution is 2.32. The minimum absolute atomic E-state index is 0.774. The van der Waals surface area contributed by atoms with Crippen LogP contribution >= 0.6 is 23.3 Å². The highest BCUT2D eigenvalue weighted by Gasteiger charge is 2.14. The Morgan fingerprint density at radius 1 is 1.18 bits per heavy atom. The smallest absolute Gasteiger partial charge is 0.193 e. The Bertz CT molecular complexity index is 456. The van der Waals surface area contributed by atoms with E-state index in [9.17, 15) is 0 Å². The summed E-state index contributed by atoms with van der Waals surface area (Å²) in [5, 5.41) is 1.82. The van der Waals surface area contributed by atoms with Gasteiger partial charge in [0.15, 0.2) is 5.13 Å². The molecule has 0 unspecified atom stereocenters. The maximum atomic E-state index is 4.58. The number of anilines is 1. The van der Waals surface area contributed by atoms with Crippen LogP contribution in [0.25, 0.3) is 10.2 Å². The fourth-order valence-electron chi connectivity index (χ4n) is 2.23. The standard InChI is InChI=1S/C13H16N2S2/c1-2-6-10(7-3-1)17-15-13-14-11-8-4-5-9-12(11)16-13/h4-5,8-10H,1-3,6-7H2,(H,14,15). The molecule has 1 aromatic heterocycles. The van der Waals surface area contributed by atoms with Gasteiger partial charge < -0.3 is 4.72 Å². The second-order valence-corrected chi connectivity index (χ2v) is 6.60. The van der Waals surface area contributed by atoms with Crippen LogP contribution in [0, 0.1) is 0 Å². The van der Waals surface area contributed by atoms with E-state index in [-0.39, 0.29) is 0 Å². The predicted octanol–water partition coefficient (Wildman–Crippen LogP) is 4.69. The molecule has 2 nitrogen and oxygen atoms in total. The van der Waals surface area contributed by atoms with Crippen molar-refractivity contribution in [1.29, 1.82) is 0 Å². The fourth-order valence-corrected chi connectivity index (χ4v) is 4.14. The van der Waals surface area contributed by atoms with Gasteiger partial charge in [-0.2, -0.15) is 0 Å². The third-order valence-electron chi connectivity index (χ3n) is 3.16. The van der Waals surface area contributed by atoms with Crippen LogP contribution in [-0.2, 0) is 0 Å². The first kappa shape index (κ1) is 11.4. The number of fused-ring (bicyclic) bond motifs is 1. The fraction of sp³-hybridized carbons (Fsp3) is 0.462. The van der Waals surface area contributed by atoms with Crippen molar-refractivity contribution in [2.45, 2.75) is 37.4 Å². The Morgan fingerprint density at radius 3 is 2.82 bits per heavy atom. The predicted molar refractivity (Wildman–Crippen MR) is 77.7 cm³/mol. The van der Waals surface area contributed by atoms with Crippen molar-refractivity contribution < 1.29 is 0 Å². The van der Waals surface area contributed by atoms with E-state index < -0.39 is 0 Å². The van der Waals surface area contributed by atoms with Crippen LogP contribution in [0.1, 0.15) is 32.1 Å². The molecule has 1 aliphatic rings. The lowest BCUT2D eigenvalue weighted by molar-refractivity contribution is 0.516. The van der Waals surface area contributed by atoms with Crippen LogP contribution in [0.2, 0.25) is 0 Å². The molecule has 0 aliphatic heterocycles. The normalized spacial score (nSPS) is 17.4. The van der Waals surface area contributed by atoms with E-state index in [1.165, 1.54) is 36.8 Å². The van der Waals surface area contributed by atoms with Crippen LogP contribution in [0.4, 0.5) is 5.13 Å². The monoisotopic (exact) mass is 264 g/mol. The Hall–Kier alpha value is -0.740. The number of para-hydroxylation sites is 1. The second kappa shape index (κ2) is 5.27. The maximum absolute atomic E-state index is 4.58. The van der Waals surface area contributed by atoms with Gasteiger partial charge in [-0.05, 0) is 36.9 Å². The molecule has 2 aromatic rings. The van der Waals surface area contributed by atoms with E-state index in [1.54, 1.807) is 11.3 Å². The van der Waals surface area contributed by atoms with E-state index in [2.05, 4.69) is 27.9 Å². The van der Waals surface area contributed by atoms with Crippen molar-refractivity contribution in [3.63, 3.8) is 0 Å². The topological polar surface area (TPSA) is 24.9 Å². The number of hydrogen-bond acceptors (Lipinski definition) is 4. The van der Waals surface area contributed by atoms with E-state index in [0.29, 0.717) is 0 Å². The lowest BCUT2D eigenvalue weighted by atomic mass is 10.0. The van der Waals surface area contributed by atoms with Gasteiger partial charge in [0, 0.05) is 5.25 Å². The van der Waals surface area contributed by atoms with Crippen molar-refractivity contribution in [2.24, 2.45) is 0 Å². The van der Waals surface area contributed by atoms with E-state index in [0.717, 1.165) is 15.9 Å². The van der Waals surface area contributed by atoms with Gasteiger partial charge in [-0.3, -0.25) is 0 Å². The molecule has 1 aliphatic carbocycles. The lowest BCUT2D eigenvalue weighted by Crippen LogP contribution is -2.10. The molecule has 0 atom stereocenters. The second-order valence-electron chi connectivity index (χ2n) is 4.47. The van der Waals surface area contributed by atoms with Crippen molar-refractivity contribution in [3.8, 4) is 0 Å². The van der Waals surface area contributed by atoms with Crippen molar-refractivity contribution in [1.82, 2.24) is 4.98 Å². The van der Waals surface area contributed by atoms with Crippen LogP contribution in [0.5, 0.6) is 0 Å². The Morgan fingerprint density at radius 2 is 2.00 bits per heavy atom. The third-order valence-corrected chi connectivity index (χ3v) is 5.36. The van der Waals surface area contributed by atoms with Gasteiger partial charge in [0.05, 0.1) is 10.2 Å². The van der Waals surface area contributed by atoms with E-state index in [4.69, 9.17) is 0 Å². The van der Waals surface area contributed by atoms with Crippen molar-refractivity contribution >= 4 is 38.6 Å². The van der Waals surface area contributed by atoms with Gasteiger partial charge in [-0.15, -0.1) is 0 Å². The van der Waals surface area contributed by atoms with Crippen LogP contribution in [-0.4, -0.2) is 10.2 Å². The summed E-state index contributed by atoms with van der Waals surface area (Å²) in [6, 6.07) is 8.31. The van der Waals surface area contributed by atoms with Gasteiger partial charge in [0.1, 0.15) is 0 Å². The van der Waals surface area contributed by atoms with Crippen LogP contribution in [0.3, 0.4) is 0 Å². The number of nitrogens with one attached hydrogen (secondary N) is 1. The molecule has 0 radical (unpaired) electrons. The van der Waals surface area contributed by atoms with Gasteiger partial charge >= 0.3 is 0 Å². The molecule has 1 fully saturated rings. The molecule has 4 heteroatoms. The molecular formula is C13H16N2S2. The highest BCUT2D eigenvalue weighted by atomic mass is 32.2. The summed E-state index contributed by atoms with van der Waals surface area (Å²) < 4.78 is 4.69. The van der Waals surface area contributed by atoms with Gasteiger partial charge in [-0.25, -0.2) is 4.98 Å². The molecule has 0 spiro atoms. The van der Waals surface area contributed by atoms with E-state index >= 15 is 0 Å². The Balaban J connectivity index is 1.64. The number of nitrogens with zero attached hydrogens (tertiary/aromatic N) is 1. The molecule has 3 rings (SSSR count).